The van der Waals surface area contributed by atoms with E-state index in [0.29, 0.717) is 11.8 Å². The fourth-order valence-electron chi connectivity index (χ4n) is 2.11. The number of hydrogen-bond donors (Lipinski definition) is 1. The first-order valence-electron chi connectivity index (χ1n) is 5.18. The van der Waals surface area contributed by atoms with E-state index >= 15 is 0 Å². The summed E-state index contributed by atoms with van der Waals surface area (Å²) >= 11 is 0. The van der Waals surface area contributed by atoms with Crippen molar-refractivity contribution in [2.45, 2.75) is 46.1 Å². The molecule has 66 valence electrons. The molecule has 0 heterocycles. The van der Waals surface area contributed by atoms with Crippen LogP contribution in [0.5, 0.6) is 0 Å². The molecule has 3 atom stereocenters. The lowest BCUT2D eigenvalue weighted by atomic mass is 9.75. The van der Waals surface area contributed by atoms with Gasteiger partial charge in [0.25, 0.3) is 0 Å². The van der Waals surface area contributed by atoms with Crippen LogP contribution in [0.2, 0.25) is 0 Å². The lowest BCUT2D eigenvalue weighted by molar-refractivity contribution is 0.0266. The maximum atomic E-state index is 7.01. The van der Waals surface area contributed by atoms with Crippen molar-refractivity contribution in [3.05, 3.63) is 0 Å². The Kier molecular flexibility index (Phi) is 2.47. The molecule has 0 amide bonds. The van der Waals surface area contributed by atoms with Crippen LogP contribution in [-0.2, 0) is 0 Å². The van der Waals surface area contributed by atoms with Crippen LogP contribution in [0.25, 0.3) is 0 Å². The number of aliphatic hydroxyl groups is 1. The Morgan fingerprint density at radius 2 is 2.18 bits per heavy atom. The summed E-state index contributed by atoms with van der Waals surface area (Å²) in [4.78, 5) is 0. The van der Waals surface area contributed by atoms with E-state index in [9.17, 15) is 0 Å². The monoisotopic (exact) mass is 157 g/mol. The van der Waals surface area contributed by atoms with Gasteiger partial charge in [-0.15, -0.1) is 0 Å². The summed E-state index contributed by atoms with van der Waals surface area (Å²) in [7, 11) is 0. The van der Waals surface area contributed by atoms with Crippen LogP contribution in [0.1, 0.15) is 40.0 Å². The predicted molar refractivity (Wildman–Crippen MR) is 47.3 cm³/mol. The van der Waals surface area contributed by atoms with Crippen LogP contribution >= 0.6 is 0 Å². The quantitative estimate of drug-likeness (QED) is 0.652. The summed E-state index contributed by atoms with van der Waals surface area (Å²) in [5.74, 6) is 2.02. The van der Waals surface area contributed by atoms with Gasteiger partial charge in [0.2, 0.25) is 1.43 Å². The van der Waals surface area contributed by atoms with Gasteiger partial charge in [-0.25, -0.2) is 0 Å². The lowest BCUT2D eigenvalue weighted by Crippen LogP contribution is -2.31. The highest BCUT2D eigenvalue weighted by molar-refractivity contribution is 4.79. The van der Waals surface area contributed by atoms with Crippen molar-refractivity contribution in [1.82, 2.24) is 0 Å². The molecule has 0 aromatic carbocycles. The summed E-state index contributed by atoms with van der Waals surface area (Å²) in [6, 6.07) is 0. The molecule has 1 aliphatic carbocycles. The van der Waals surface area contributed by atoms with E-state index in [2.05, 4.69) is 20.8 Å². The molecule has 0 spiro atoms. The zero-order valence-electron chi connectivity index (χ0n) is 8.84. The molecule has 0 aliphatic heterocycles. The van der Waals surface area contributed by atoms with Gasteiger partial charge in [0.1, 0.15) is 0 Å². The van der Waals surface area contributed by atoms with Gasteiger partial charge >= 0.3 is 0 Å². The summed E-state index contributed by atoms with van der Waals surface area (Å²) in [5, 5.41) is 4.79. The molecule has 1 fully saturated rings. The third kappa shape index (κ3) is 2.19. The predicted octanol–water partition coefficient (Wildman–Crippen LogP) is 2.44. The fraction of sp³-hybridized carbons (Fsp3) is 1.00. The third-order valence-electron chi connectivity index (χ3n) is 2.96. The van der Waals surface area contributed by atoms with Crippen molar-refractivity contribution >= 4 is 0 Å². The number of hydrogen-bond acceptors (Lipinski definition) is 1. The molecule has 0 bridgehead atoms. The molecule has 1 heteroatoms. The van der Waals surface area contributed by atoms with Crippen LogP contribution in [0.4, 0.5) is 0 Å². The first-order valence-corrected chi connectivity index (χ1v) is 4.77. The smallest absolute Gasteiger partial charge is 0.210 e. The van der Waals surface area contributed by atoms with Gasteiger partial charge in [0, 0.05) is 0 Å². The zero-order valence-corrected chi connectivity index (χ0v) is 7.84. The fourth-order valence-corrected chi connectivity index (χ4v) is 2.11. The summed E-state index contributed by atoms with van der Waals surface area (Å²) < 4.78 is 7.01. The first-order chi connectivity index (χ1) is 5.65. The normalized spacial score (nSPS) is 40.7. The molecule has 0 radical (unpaired) electrons. The molecule has 1 saturated carbocycles. The van der Waals surface area contributed by atoms with Crippen LogP contribution in [0.15, 0.2) is 0 Å². The van der Waals surface area contributed by atoms with Gasteiger partial charge in [-0.3, -0.25) is 0 Å². The maximum absolute atomic E-state index is 7.01. The molecule has 0 aromatic heterocycles. The Balaban J connectivity index is 2.50. The zero-order chi connectivity index (χ0) is 9.14. The van der Waals surface area contributed by atoms with Crippen LogP contribution in [0.3, 0.4) is 0 Å². The van der Waals surface area contributed by atoms with E-state index in [4.69, 9.17) is 6.54 Å². The Morgan fingerprint density at radius 1 is 1.45 bits per heavy atom. The minimum absolute atomic E-state index is 0.189. The highest BCUT2D eigenvalue weighted by Gasteiger charge is 2.28. The molecule has 11 heavy (non-hydrogen) atoms. The second kappa shape index (κ2) is 3.57. The van der Waals surface area contributed by atoms with Crippen molar-refractivity contribution in [2.75, 3.05) is 0 Å². The van der Waals surface area contributed by atoms with Crippen molar-refractivity contribution in [2.24, 2.45) is 17.8 Å². The molecule has 0 saturated heterocycles. The highest BCUT2D eigenvalue weighted by atomic mass is 16.3. The first kappa shape index (κ1) is 7.60. The maximum Gasteiger partial charge on any atom is 0.210 e. The SMILES string of the molecule is [2H]OC1CC(C)CCC1C(C)C. The average Bonchev–Trinajstić information content (AvgIpc) is 2.03. The summed E-state index contributed by atoms with van der Waals surface area (Å²) in [5.41, 5.74) is 0. The van der Waals surface area contributed by atoms with Gasteiger partial charge in [0.15, 0.2) is 0 Å². The second-order valence-corrected chi connectivity index (χ2v) is 4.36. The molecule has 1 aliphatic rings. The van der Waals surface area contributed by atoms with E-state index in [1.807, 2.05) is 0 Å². The average molecular weight is 157 g/mol. The van der Waals surface area contributed by atoms with E-state index in [1.54, 1.807) is 0 Å². The van der Waals surface area contributed by atoms with Crippen LogP contribution < -0.4 is 0 Å². The van der Waals surface area contributed by atoms with E-state index < -0.39 is 0 Å². The Hall–Kier alpha value is -0.0400. The lowest BCUT2D eigenvalue weighted by Gasteiger charge is -2.33. The van der Waals surface area contributed by atoms with E-state index in [1.165, 1.54) is 12.8 Å². The summed E-state index contributed by atoms with van der Waals surface area (Å²) in [6.07, 6.45) is 3.81. The van der Waals surface area contributed by atoms with Gasteiger partial charge in [-0.05, 0) is 30.6 Å². The summed E-state index contributed by atoms with van der Waals surface area (Å²) in [6.45, 7) is 6.71. The minimum atomic E-state index is 0.189. The van der Waals surface area contributed by atoms with Crippen molar-refractivity contribution in [3.63, 3.8) is 0 Å². The van der Waals surface area contributed by atoms with E-state index in [0.717, 1.165) is 12.3 Å². The van der Waals surface area contributed by atoms with Crippen LogP contribution in [0, 0.1) is 17.8 Å². The second-order valence-electron chi connectivity index (χ2n) is 4.36. The number of rotatable bonds is 2. The molecule has 1 N–H and O–H groups in total. The standard InChI is InChI=1S/C10H20O/c1-7(2)9-5-4-8(3)6-10(9)11/h7-11H,4-6H2,1-3H3/i11D. The largest absolute Gasteiger partial charge is 0.393 e. The highest BCUT2D eigenvalue weighted by Crippen LogP contribution is 2.33. The minimum Gasteiger partial charge on any atom is -0.393 e. The van der Waals surface area contributed by atoms with Crippen molar-refractivity contribution in [3.8, 4) is 0 Å². The Bertz CT molecular complexity index is 136. The van der Waals surface area contributed by atoms with Crippen molar-refractivity contribution < 1.29 is 5.11 Å². The van der Waals surface area contributed by atoms with Gasteiger partial charge < -0.3 is 5.11 Å². The van der Waals surface area contributed by atoms with Gasteiger partial charge in [-0.2, -0.15) is 0 Å². The third-order valence-corrected chi connectivity index (χ3v) is 2.96. The molecular formula is C10H20O. The van der Waals surface area contributed by atoms with Crippen LogP contribution in [-0.4, -0.2) is 12.6 Å². The van der Waals surface area contributed by atoms with E-state index in [-0.39, 0.29) is 6.10 Å². The molecule has 0 aromatic rings. The topological polar surface area (TPSA) is 20.2 Å². The molecular weight excluding hydrogens is 136 g/mol. The molecule has 1 nitrogen and oxygen atoms in total. The van der Waals surface area contributed by atoms with Gasteiger partial charge in [-0.1, -0.05) is 27.2 Å². The Morgan fingerprint density at radius 3 is 2.73 bits per heavy atom. The Labute approximate surface area is 71.3 Å². The molecule has 1 rings (SSSR count). The van der Waals surface area contributed by atoms with Gasteiger partial charge in [0.05, 0.1) is 6.10 Å². The van der Waals surface area contributed by atoms with Crippen molar-refractivity contribution in [1.29, 1.82) is 1.43 Å². The number of aliphatic hydroxyl groups excluding tert-OH is 1. The molecule has 3 unspecified atom stereocenters.